The number of ketones is 1. The summed E-state index contributed by atoms with van der Waals surface area (Å²) in [7, 11) is 3.11. The van der Waals surface area contributed by atoms with E-state index < -0.39 is 17.6 Å². The molecule has 25 heteroatoms. The third-order valence-corrected chi connectivity index (χ3v) is 9.62. The molecular formula is C46H65N17O8. The van der Waals surface area contributed by atoms with Crippen molar-refractivity contribution >= 4 is 64.1 Å². The fraction of sp³-hybridized carbons (Fsp3) is 0.348. The van der Waals surface area contributed by atoms with Crippen LogP contribution in [0, 0.1) is 5.92 Å². The van der Waals surface area contributed by atoms with E-state index >= 15 is 4.79 Å². The lowest BCUT2D eigenvalue weighted by Gasteiger charge is -2.20. The second kappa shape index (κ2) is 29.6. The van der Waals surface area contributed by atoms with Gasteiger partial charge in [0.1, 0.15) is 24.7 Å². The molecule has 71 heavy (non-hydrogen) atoms. The van der Waals surface area contributed by atoms with Crippen molar-refractivity contribution in [1.82, 2.24) is 0 Å². The number of Topliss-reactive ketones (excluding diaryl/α,β-unsaturated/α-hetero) is 1. The summed E-state index contributed by atoms with van der Waals surface area (Å²) in [5.74, 6) is -2.89. The smallest absolute Gasteiger partial charge is 0.259 e. The summed E-state index contributed by atoms with van der Waals surface area (Å²) >= 11 is 0. The number of anilines is 1. The number of hydrogen-bond acceptors (Lipinski definition) is 16. The number of carbonyl (C=O) groups is 2. The van der Waals surface area contributed by atoms with Gasteiger partial charge in [-0.05, 0) is 93.3 Å². The zero-order chi connectivity index (χ0) is 52.5. The highest BCUT2D eigenvalue weighted by molar-refractivity contribution is 6.12. The van der Waals surface area contributed by atoms with Crippen LogP contribution in [0.4, 0.5) is 5.69 Å². The summed E-state index contributed by atoms with van der Waals surface area (Å²) < 4.78 is 33.9. The maximum atomic E-state index is 15.0. The zero-order valence-corrected chi connectivity index (χ0v) is 40.8. The third kappa shape index (κ3) is 19.7. The molecule has 3 rings (SSSR count). The number of nitrogens with zero attached hydrogens (tertiary/aromatic N) is 8. The predicted molar refractivity (Wildman–Crippen MR) is 277 cm³/mol. The highest BCUT2D eigenvalue weighted by Crippen LogP contribution is 2.34. The maximum Gasteiger partial charge on any atom is 0.259 e. The number of benzene rings is 3. The normalized spacial score (nSPS) is 12.3. The van der Waals surface area contributed by atoms with Gasteiger partial charge in [0.2, 0.25) is 23.8 Å². The zero-order valence-electron chi connectivity index (χ0n) is 40.8. The molecule has 0 aliphatic heterocycles. The van der Waals surface area contributed by atoms with Crippen LogP contribution < -0.4 is 60.7 Å². The number of rotatable bonds is 29. The molecule has 3 aromatic carbocycles. The molecule has 0 aliphatic carbocycles. The van der Waals surface area contributed by atoms with Crippen molar-refractivity contribution in [1.29, 1.82) is 0 Å². The van der Waals surface area contributed by atoms with E-state index in [4.69, 9.17) is 74.3 Å². The molecule has 1 unspecified atom stereocenters. The number of nitrogens with one attached hydrogen (secondary N) is 1. The molecule has 0 saturated carbocycles. The lowest BCUT2D eigenvalue weighted by molar-refractivity contribution is 0.0529. The van der Waals surface area contributed by atoms with E-state index in [1.54, 1.807) is 66.2 Å². The summed E-state index contributed by atoms with van der Waals surface area (Å²) in [5.41, 5.74) is 49.1. The Morgan fingerprint density at radius 3 is 1.28 bits per heavy atom. The van der Waals surface area contributed by atoms with E-state index in [1.807, 2.05) is 12.1 Å². The van der Waals surface area contributed by atoms with Gasteiger partial charge in [-0.25, -0.2) is 0 Å². The van der Waals surface area contributed by atoms with Crippen LogP contribution in [0.1, 0.15) is 76.2 Å². The van der Waals surface area contributed by atoms with E-state index in [1.165, 1.54) is 18.2 Å². The van der Waals surface area contributed by atoms with Crippen LogP contribution in [0.5, 0.6) is 11.5 Å². The number of ether oxygens (including phenoxy) is 6. The summed E-state index contributed by atoms with van der Waals surface area (Å²) in [6.45, 7) is 12.4. The van der Waals surface area contributed by atoms with Crippen molar-refractivity contribution in [3.8, 4) is 11.5 Å². The fourth-order valence-corrected chi connectivity index (χ4v) is 6.12. The highest BCUT2D eigenvalue weighted by Gasteiger charge is 2.27. The minimum atomic E-state index is -0.903. The van der Waals surface area contributed by atoms with Crippen LogP contribution in [0.3, 0.4) is 0 Å². The molecule has 3 aromatic rings. The second-order valence-corrected chi connectivity index (χ2v) is 15.2. The first-order valence-electron chi connectivity index (χ1n) is 21.8. The molecule has 0 aliphatic rings. The Balaban J connectivity index is 2.29. The van der Waals surface area contributed by atoms with E-state index in [-0.39, 0.29) is 85.0 Å². The first-order valence-corrected chi connectivity index (χ1v) is 21.8. The van der Waals surface area contributed by atoms with Crippen molar-refractivity contribution in [3.63, 3.8) is 0 Å². The first kappa shape index (κ1) is 57.1. The fourth-order valence-electron chi connectivity index (χ4n) is 6.12. The topological polar surface area (TPSA) is 409 Å². The number of amides is 1. The molecule has 1 atom stereocenters. The first-order chi connectivity index (χ1) is 33.9. The maximum absolute atomic E-state index is 15.0. The lowest BCUT2D eigenvalue weighted by atomic mass is 9.88. The predicted octanol–water partition coefficient (Wildman–Crippen LogP) is 1.24. The molecule has 0 fully saturated rings. The van der Waals surface area contributed by atoms with Crippen molar-refractivity contribution in [2.75, 3.05) is 72.4 Å². The molecule has 25 nitrogen and oxygen atoms in total. The minimum absolute atomic E-state index is 0.00313. The summed E-state index contributed by atoms with van der Waals surface area (Å²) in [4.78, 5) is 29.7. The molecule has 1 amide bonds. The molecule has 17 N–H and O–H groups in total. The van der Waals surface area contributed by atoms with Gasteiger partial charge in [-0.1, -0.05) is 6.08 Å². The van der Waals surface area contributed by atoms with Gasteiger partial charge in [0.05, 0.1) is 73.6 Å². The van der Waals surface area contributed by atoms with Crippen LogP contribution in [0.25, 0.3) is 0 Å². The molecule has 0 bridgehead atoms. The van der Waals surface area contributed by atoms with E-state index in [2.05, 4.69) is 52.7 Å². The van der Waals surface area contributed by atoms with Crippen LogP contribution in [-0.2, 0) is 25.4 Å². The third-order valence-electron chi connectivity index (χ3n) is 9.62. The van der Waals surface area contributed by atoms with Crippen LogP contribution in [-0.4, -0.2) is 125 Å². The Morgan fingerprint density at radius 1 is 0.521 bits per heavy atom. The van der Waals surface area contributed by atoms with Gasteiger partial charge in [-0.2, -0.15) is 20.4 Å². The van der Waals surface area contributed by atoms with Gasteiger partial charge >= 0.3 is 0 Å². The van der Waals surface area contributed by atoms with E-state index in [0.29, 0.717) is 77.1 Å². The quantitative estimate of drug-likeness (QED) is 0.0118. The van der Waals surface area contributed by atoms with E-state index in [0.717, 1.165) is 0 Å². The summed E-state index contributed by atoms with van der Waals surface area (Å²) in [5, 5.41) is 34.5. The van der Waals surface area contributed by atoms with Gasteiger partial charge in [0.15, 0.2) is 5.78 Å². The van der Waals surface area contributed by atoms with Crippen molar-refractivity contribution < 1.29 is 38.0 Å². The average Bonchev–Trinajstić information content (AvgIpc) is 3.34. The van der Waals surface area contributed by atoms with Crippen molar-refractivity contribution in [3.05, 3.63) is 100 Å². The molecular weight excluding hydrogens is 919 g/mol. The number of allylic oxidation sites excluding steroid dienone is 1. The van der Waals surface area contributed by atoms with Crippen LogP contribution in [0.15, 0.2) is 102 Å². The number of nitrogens with two attached hydrogens (primary N) is 8. The standard InChI is InChI=1S/C46H65N17O8/c1-8-31(17-30-18-32(26(2)56-60-43(47)48)20-33(19-30)27(3)57-61-44(49)50)41(64)37-24-38(40(71-16-14-69-12-10-67-7)25-39(37)70-15-13-68-11-9-66-6)42(65)55-36-22-34(28(4)58-62-45(51)52)21-35(23-36)29(5)59-63-46(53)54/h8,18-25,31H,1,9-17H2,2-7H3,(H,55,65)(H4,47,48,60)(H4,49,50,61)(H4,51,52,62)(H4,53,54,63)/b56-26+,57-27+,58-28+,59-29+. The highest BCUT2D eigenvalue weighted by atomic mass is 16.5. The SMILES string of the molecule is C=CC(Cc1cc(/C(C)=N/N=C(N)N)cc(/C(C)=N/N=C(N)N)c1)C(=O)c1cc(C(=O)Nc2cc(/C(C)=N/N=C(N)N)cc(/C(C)=N/N=C(N)N)c2)c(OCCOCCOC)cc1OCCOCCOC. The van der Waals surface area contributed by atoms with Gasteiger partial charge < -0.3 is 79.6 Å². The second-order valence-electron chi connectivity index (χ2n) is 15.2. The van der Waals surface area contributed by atoms with Gasteiger partial charge in [-0.3, -0.25) is 9.59 Å². The van der Waals surface area contributed by atoms with Gasteiger partial charge in [-0.15, -0.1) is 27.0 Å². The number of guanidine groups is 4. The van der Waals surface area contributed by atoms with Gasteiger partial charge in [0, 0.05) is 43.0 Å². The Kier molecular flexibility index (Phi) is 23.8. The van der Waals surface area contributed by atoms with Crippen LogP contribution in [0.2, 0.25) is 0 Å². The molecule has 0 radical (unpaired) electrons. The average molecular weight is 984 g/mol. The monoisotopic (exact) mass is 984 g/mol. The molecule has 0 aromatic heterocycles. The van der Waals surface area contributed by atoms with Crippen molar-refractivity contribution in [2.45, 2.75) is 34.1 Å². The number of hydrogen-bond donors (Lipinski definition) is 9. The molecule has 0 saturated heterocycles. The Labute approximate surface area is 411 Å². The molecule has 0 spiro atoms. The summed E-state index contributed by atoms with van der Waals surface area (Å²) in [6, 6.07) is 13.3. The summed E-state index contributed by atoms with van der Waals surface area (Å²) in [6.07, 6.45) is 1.60. The van der Waals surface area contributed by atoms with Crippen LogP contribution >= 0.6 is 0 Å². The van der Waals surface area contributed by atoms with Crippen molar-refractivity contribution in [2.24, 2.45) is 92.6 Å². The number of carbonyl (C=O) groups excluding carboxylic acids is 2. The minimum Gasteiger partial charge on any atom is -0.490 e. The van der Waals surface area contributed by atoms with E-state index in [9.17, 15) is 4.79 Å². The molecule has 0 heterocycles. The lowest BCUT2D eigenvalue weighted by Crippen LogP contribution is -2.22. The Morgan fingerprint density at radius 2 is 0.901 bits per heavy atom. The Hall–Kier alpha value is -8.26. The number of methoxy groups -OCH3 is 2. The Bertz CT molecular complexity index is 2470. The van der Waals surface area contributed by atoms with Gasteiger partial charge in [0.25, 0.3) is 5.91 Å². The molecule has 382 valence electrons. The largest absolute Gasteiger partial charge is 0.490 e.